The van der Waals surface area contributed by atoms with Gasteiger partial charge in [-0.05, 0) is 31.8 Å². The standard InChI is InChI=1S/C13H27N3O2/c1-4-6-15-11(13(14)17)8-16-7-5-10(2)12(9-16)18-3/h10-12,15H,4-9H2,1-3H3,(H2,14,17). The Kier molecular flexibility index (Phi) is 6.60. The third kappa shape index (κ3) is 4.55. The number of primary amides is 1. The highest BCUT2D eigenvalue weighted by atomic mass is 16.5. The van der Waals surface area contributed by atoms with Crippen LogP contribution in [-0.2, 0) is 9.53 Å². The van der Waals surface area contributed by atoms with Gasteiger partial charge < -0.3 is 15.8 Å². The van der Waals surface area contributed by atoms with Gasteiger partial charge in [-0.25, -0.2) is 0 Å². The van der Waals surface area contributed by atoms with Crippen molar-refractivity contribution in [1.82, 2.24) is 10.2 Å². The number of nitrogens with one attached hydrogen (secondary N) is 1. The van der Waals surface area contributed by atoms with Crippen LogP contribution in [-0.4, -0.2) is 56.2 Å². The normalized spacial score (nSPS) is 27.1. The number of methoxy groups -OCH3 is 1. The van der Waals surface area contributed by atoms with Crippen LogP contribution >= 0.6 is 0 Å². The number of amides is 1. The minimum Gasteiger partial charge on any atom is -0.380 e. The summed E-state index contributed by atoms with van der Waals surface area (Å²) >= 11 is 0. The van der Waals surface area contributed by atoms with E-state index in [2.05, 4.69) is 24.1 Å². The average Bonchev–Trinajstić information content (AvgIpc) is 2.36. The van der Waals surface area contributed by atoms with Gasteiger partial charge in [0.15, 0.2) is 0 Å². The summed E-state index contributed by atoms with van der Waals surface area (Å²) < 4.78 is 5.48. The fourth-order valence-corrected chi connectivity index (χ4v) is 2.40. The van der Waals surface area contributed by atoms with Gasteiger partial charge in [0, 0.05) is 20.2 Å². The molecule has 0 aromatic rings. The molecule has 1 aliphatic rings. The lowest BCUT2D eigenvalue weighted by Gasteiger charge is -2.37. The summed E-state index contributed by atoms with van der Waals surface area (Å²) in [6, 6.07) is -0.254. The van der Waals surface area contributed by atoms with Crippen molar-refractivity contribution in [3.63, 3.8) is 0 Å². The lowest BCUT2D eigenvalue weighted by atomic mass is 9.95. The molecule has 1 aliphatic heterocycles. The Labute approximate surface area is 110 Å². The lowest BCUT2D eigenvalue weighted by Crippen LogP contribution is -2.53. The molecule has 0 radical (unpaired) electrons. The maximum absolute atomic E-state index is 11.4. The molecule has 5 heteroatoms. The number of rotatable bonds is 7. The number of nitrogens with zero attached hydrogens (tertiary/aromatic N) is 1. The fraction of sp³-hybridized carbons (Fsp3) is 0.923. The molecular formula is C13H27N3O2. The molecule has 0 spiro atoms. The lowest BCUT2D eigenvalue weighted by molar-refractivity contribution is -0.120. The Morgan fingerprint density at radius 1 is 1.61 bits per heavy atom. The first-order valence-corrected chi connectivity index (χ1v) is 6.86. The summed E-state index contributed by atoms with van der Waals surface area (Å²) in [4.78, 5) is 13.7. The first kappa shape index (κ1) is 15.4. The minimum atomic E-state index is -0.268. The van der Waals surface area contributed by atoms with E-state index in [0.29, 0.717) is 12.5 Å². The number of hydrogen-bond donors (Lipinski definition) is 2. The van der Waals surface area contributed by atoms with E-state index in [-0.39, 0.29) is 18.1 Å². The van der Waals surface area contributed by atoms with Crippen molar-refractivity contribution < 1.29 is 9.53 Å². The molecule has 0 aromatic carbocycles. The van der Waals surface area contributed by atoms with Gasteiger partial charge >= 0.3 is 0 Å². The Balaban J connectivity index is 2.46. The van der Waals surface area contributed by atoms with Crippen LogP contribution in [0.5, 0.6) is 0 Å². The van der Waals surface area contributed by atoms with E-state index in [1.165, 1.54) is 0 Å². The van der Waals surface area contributed by atoms with Gasteiger partial charge in [0.25, 0.3) is 0 Å². The monoisotopic (exact) mass is 257 g/mol. The molecule has 1 fully saturated rings. The quantitative estimate of drug-likeness (QED) is 0.683. The largest absolute Gasteiger partial charge is 0.380 e. The number of carbonyl (C=O) groups is 1. The van der Waals surface area contributed by atoms with E-state index in [0.717, 1.165) is 32.5 Å². The van der Waals surface area contributed by atoms with Gasteiger partial charge in [0.1, 0.15) is 0 Å². The van der Waals surface area contributed by atoms with Crippen LogP contribution in [0.3, 0.4) is 0 Å². The van der Waals surface area contributed by atoms with Crippen LogP contribution in [0.2, 0.25) is 0 Å². The molecular weight excluding hydrogens is 230 g/mol. The molecule has 3 unspecified atom stereocenters. The number of hydrogen-bond acceptors (Lipinski definition) is 4. The molecule has 3 atom stereocenters. The highest BCUT2D eigenvalue weighted by molar-refractivity contribution is 5.80. The van der Waals surface area contributed by atoms with Gasteiger partial charge in [-0.15, -0.1) is 0 Å². The number of likely N-dealkylation sites (tertiary alicyclic amines) is 1. The Morgan fingerprint density at radius 3 is 2.89 bits per heavy atom. The van der Waals surface area contributed by atoms with Crippen molar-refractivity contribution in [1.29, 1.82) is 0 Å². The Hall–Kier alpha value is -0.650. The van der Waals surface area contributed by atoms with Crippen LogP contribution in [0.15, 0.2) is 0 Å². The highest BCUT2D eigenvalue weighted by Crippen LogP contribution is 2.19. The first-order valence-electron chi connectivity index (χ1n) is 6.86. The summed E-state index contributed by atoms with van der Waals surface area (Å²) in [6.45, 7) is 7.70. The Bertz CT molecular complexity index is 261. The van der Waals surface area contributed by atoms with E-state index in [4.69, 9.17) is 10.5 Å². The van der Waals surface area contributed by atoms with Gasteiger partial charge in [0.2, 0.25) is 5.91 Å². The third-order valence-electron chi connectivity index (χ3n) is 3.70. The highest BCUT2D eigenvalue weighted by Gasteiger charge is 2.28. The predicted molar refractivity (Wildman–Crippen MR) is 72.3 cm³/mol. The van der Waals surface area contributed by atoms with E-state index in [9.17, 15) is 4.79 Å². The number of ether oxygens (including phenoxy) is 1. The minimum absolute atomic E-state index is 0.254. The molecule has 5 nitrogen and oxygen atoms in total. The number of piperidine rings is 1. The molecule has 1 heterocycles. The number of nitrogens with two attached hydrogens (primary N) is 1. The molecule has 3 N–H and O–H groups in total. The van der Waals surface area contributed by atoms with E-state index in [1.54, 1.807) is 7.11 Å². The maximum Gasteiger partial charge on any atom is 0.235 e. The van der Waals surface area contributed by atoms with Crippen LogP contribution in [0.1, 0.15) is 26.7 Å². The second-order valence-electron chi connectivity index (χ2n) is 5.21. The zero-order valence-corrected chi connectivity index (χ0v) is 11.8. The van der Waals surface area contributed by atoms with Gasteiger partial charge in [-0.1, -0.05) is 13.8 Å². The van der Waals surface area contributed by atoms with Gasteiger partial charge in [-0.2, -0.15) is 0 Å². The molecule has 0 aliphatic carbocycles. The number of carbonyl (C=O) groups excluding carboxylic acids is 1. The SMILES string of the molecule is CCCNC(CN1CCC(C)C(OC)C1)C(N)=O. The average molecular weight is 257 g/mol. The van der Waals surface area contributed by atoms with Crippen molar-refractivity contribution in [2.24, 2.45) is 11.7 Å². The summed E-state index contributed by atoms with van der Waals surface area (Å²) in [5.74, 6) is 0.318. The summed E-state index contributed by atoms with van der Waals surface area (Å²) in [5, 5.41) is 3.20. The van der Waals surface area contributed by atoms with E-state index >= 15 is 0 Å². The first-order chi connectivity index (χ1) is 8.58. The summed E-state index contributed by atoms with van der Waals surface area (Å²) in [7, 11) is 1.76. The topological polar surface area (TPSA) is 67.6 Å². The van der Waals surface area contributed by atoms with E-state index < -0.39 is 0 Å². The Morgan fingerprint density at radius 2 is 2.33 bits per heavy atom. The van der Waals surface area contributed by atoms with E-state index in [1.807, 2.05) is 0 Å². The molecule has 0 aromatic heterocycles. The fourth-order valence-electron chi connectivity index (χ4n) is 2.40. The molecule has 1 rings (SSSR count). The third-order valence-corrected chi connectivity index (χ3v) is 3.70. The summed E-state index contributed by atoms with van der Waals surface area (Å²) in [6.07, 6.45) is 2.37. The zero-order chi connectivity index (χ0) is 13.5. The smallest absolute Gasteiger partial charge is 0.235 e. The molecule has 1 amide bonds. The molecule has 0 saturated carbocycles. The van der Waals surface area contributed by atoms with Crippen molar-refractivity contribution in [3.05, 3.63) is 0 Å². The van der Waals surface area contributed by atoms with Crippen LogP contribution in [0.25, 0.3) is 0 Å². The summed E-state index contributed by atoms with van der Waals surface area (Å²) in [5.41, 5.74) is 5.43. The van der Waals surface area contributed by atoms with Gasteiger partial charge in [-0.3, -0.25) is 9.69 Å². The second kappa shape index (κ2) is 7.71. The van der Waals surface area contributed by atoms with Crippen molar-refractivity contribution in [2.45, 2.75) is 38.8 Å². The van der Waals surface area contributed by atoms with Crippen LogP contribution in [0.4, 0.5) is 0 Å². The van der Waals surface area contributed by atoms with Crippen LogP contribution < -0.4 is 11.1 Å². The molecule has 0 bridgehead atoms. The maximum atomic E-state index is 11.4. The van der Waals surface area contributed by atoms with Crippen molar-refractivity contribution >= 4 is 5.91 Å². The van der Waals surface area contributed by atoms with Gasteiger partial charge in [0.05, 0.1) is 12.1 Å². The second-order valence-corrected chi connectivity index (χ2v) is 5.21. The zero-order valence-electron chi connectivity index (χ0n) is 11.8. The predicted octanol–water partition coefficient (Wildman–Crippen LogP) is 0.197. The molecule has 1 saturated heterocycles. The molecule has 18 heavy (non-hydrogen) atoms. The van der Waals surface area contributed by atoms with Crippen molar-refractivity contribution in [2.75, 3.05) is 33.3 Å². The molecule has 106 valence electrons. The van der Waals surface area contributed by atoms with Crippen LogP contribution in [0, 0.1) is 5.92 Å². The van der Waals surface area contributed by atoms with Crippen molar-refractivity contribution in [3.8, 4) is 0 Å².